The molecule has 0 atom stereocenters. The molecule has 0 aliphatic heterocycles. The molecule has 0 heterocycles. The van der Waals surface area contributed by atoms with E-state index in [2.05, 4.69) is 132 Å². The van der Waals surface area contributed by atoms with Crippen molar-refractivity contribution < 1.29 is 25.8 Å². The molecule has 0 N–H and O–H groups in total. The summed E-state index contributed by atoms with van der Waals surface area (Å²) < 4.78 is 0. The normalized spacial score (nSPS) is 11.7. The van der Waals surface area contributed by atoms with E-state index in [0.717, 1.165) is 26.2 Å². The average Bonchev–Trinajstić information content (AvgIpc) is 3.01. The van der Waals surface area contributed by atoms with Gasteiger partial charge in [0, 0.05) is 0 Å². The molecule has 0 rings (SSSR count). The quantitative estimate of drug-likeness (QED) is 0.111. The maximum absolute atomic E-state index is 4.61. The van der Waals surface area contributed by atoms with Crippen molar-refractivity contribution in [3.8, 4) is 0 Å². The van der Waals surface area contributed by atoms with Crippen LogP contribution in [-0.4, -0.2) is 48.3 Å². The molecule has 0 radical (unpaired) electrons. The topological polar surface area (TPSA) is 56.4 Å². The van der Waals surface area contributed by atoms with Crippen molar-refractivity contribution in [2.45, 2.75) is 210 Å². The van der Waals surface area contributed by atoms with E-state index in [-0.39, 0.29) is 25.8 Å². The van der Waals surface area contributed by atoms with Crippen LogP contribution in [0.25, 0.3) is 21.3 Å². The van der Waals surface area contributed by atoms with Crippen molar-refractivity contribution >= 4 is 0 Å². The third-order valence-corrected chi connectivity index (χ3v) is 9.87. The van der Waals surface area contributed by atoms with Gasteiger partial charge in [0.1, 0.15) is 0 Å². The smallest absolute Gasteiger partial charge is 0.657 e. The minimum absolute atomic E-state index is 0. The van der Waals surface area contributed by atoms with Crippen LogP contribution in [0.3, 0.4) is 0 Å². The summed E-state index contributed by atoms with van der Waals surface area (Å²) in [6.45, 7) is 39.1. The van der Waals surface area contributed by atoms with E-state index in [0.29, 0.717) is 22.2 Å². The second kappa shape index (κ2) is 32.1. The van der Waals surface area contributed by atoms with Gasteiger partial charge in [0.25, 0.3) is 0 Å². The predicted octanol–water partition coefficient (Wildman–Crippen LogP) is 13.4. The van der Waals surface area contributed by atoms with E-state index in [9.17, 15) is 0 Å². The zero-order valence-corrected chi connectivity index (χ0v) is 35.2. The van der Waals surface area contributed by atoms with E-state index in [1.165, 1.54) is 77.0 Å². The molecule has 0 aliphatic carbocycles. The first-order valence-corrected chi connectivity index (χ1v) is 17.7. The molecule has 0 aliphatic rings. The van der Waals surface area contributed by atoms with E-state index >= 15 is 0 Å². The standard InChI is InChI=1S/4C9H20N.Hf/c4*1-5-9(6-2,7-3)10-8-4;/h4*5-8H2,1-4H3;/q4*-1;+4. The molecule has 0 aromatic carbocycles. The first kappa shape index (κ1) is 51.3. The Morgan fingerprint density at radius 3 is 0.366 bits per heavy atom. The van der Waals surface area contributed by atoms with Gasteiger partial charge in [0.15, 0.2) is 0 Å². The Morgan fingerprint density at radius 2 is 0.341 bits per heavy atom. The van der Waals surface area contributed by atoms with Crippen LogP contribution < -0.4 is 0 Å². The zero-order chi connectivity index (χ0) is 32.1. The first-order chi connectivity index (χ1) is 19.0. The maximum Gasteiger partial charge on any atom is 4.00 e. The Balaban J connectivity index is -0.000000139. The summed E-state index contributed by atoms with van der Waals surface area (Å²) >= 11 is 0. The minimum atomic E-state index is 0. The summed E-state index contributed by atoms with van der Waals surface area (Å²) in [5, 5.41) is 18.4. The van der Waals surface area contributed by atoms with Crippen molar-refractivity contribution in [1.82, 2.24) is 0 Å². The number of nitrogens with zero attached hydrogens (tertiary/aromatic N) is 4. The molecule has 0 spiro atoms. The molecule has 0 fully saturated rings. The van der Waals surface area contributed by atoms with Gasteiger partial charge in [-0.15, -0.1) is 22.2 Å². The largest absolute Gasteiger partial charge is 4.00 e. The fourth-order valence-corrected chi connectivity index (χ4v) is 5.68. The maximum atomic E-state index is 4.61. The molecule has 0 bridgehead atoms. The molecule has 41 heavy (non-hydrogen) atoms. The molecular formula is C36H80HfN4. The Kier molecular flexibility index (Phi) is 40.2. The predicted molar refractivity (Wildman–Crippen MR) is 190 cm³/mol. The van der Waals surface area contributed by atoms with Gasteiger partial charge in [-0.1, -0.05) is 188 Å². The van der Waals surface area contributed by atoms with Gasteiger partial charge in [-0.25, -0.2) is 0 Å². The third-order valence-electron chi connectivity index (χ3n) is 9.87. The zero-order valence-electron chi connectivity index (χ0n) is 31.6. The number of hydrogen-bond acceptors (Lipinski definition) is 0. The van der Waals surface area contributed by atoms with Crippen LogP contribution >= 0.6 is 0 Å². The summed E-state index contributed by atoms with van der Waals surface area (Å²) in [4.78, 5) is 0. The Hall–Kier alpha value is 0.710. The van der Waals surface area contributed by atoms with Gasteiger partial charge in [0.2, 0.25) is 0 Å². The van der Waals surface area contributed by atoms with Gasteiger partial charge in [0.05, 0.1) is 0 Å². The van der Waals surface area contributed by atoms with E-state index in [1.807, 2.05) is 0 Å². The molecule has 0 saturated carbocycles. The molecular weight excluding hydrogens is 667 g/mol. The van der Waals surface area contributed by atoms with E-state index < -0.39 is 0 Å². The molecule has 4 nitrogen and oxygen atoms in total. The van der Waals surface area contributed by atoms with Crippen molar-refractivity contribution in [2.24, 2.45) is 0 Å². The molecule has 248 valence electrons. The molecule has 0 aromatic heterocycles. The van der Waals surface area contributed by atoms with Crippen LogP contribution in [0.4, 0.5) is 0 Å². The SMILES string of the molecule is CC[N-]C(CC)(CC)CC.CC[N-]C(CC)(CC)CC.CC[N-]C(CC)(CC)CC.CC[N-]C(CC)(CC)CC.[Hf+4]. The van der Waals surface area contributed by atoms with Gasteiger partial charge >= 0.3 is 25.8 Å². The Labute approximate surface area is 282 Å². The fourth-order valence-electron chi connectivity index (χ4n) is 5.68. The number of rotatable bonds is 20. The summed E-state index contributed by atoms with van der Waals surface area (Å²) in [6.07, 6.45) is 14.3. The van der Waals surface area contributed by atoms with Crippen LogP contribution in [0, 0.1) is 0 Å². The van der Waals surface area contributed by atoms with Crippen LogP contribution in [0.2, 0.25) is 0 Å². The van der Waals surface area contributed by atoms with E-state index in [1.54, 1.807) is 0 Å². The van der Waals surface area contributed by atoms with Crippen LogP contribution in [0.1, 0.15) is 188 Å². The van der Waals surface area contributed by atoms with Gasteiger partial charge in [-0.2, -0.15) is 26.2 Å². The Morgan fingerprint density at radius 1 is 0.244 bits per heavy atom. The molecule has 0 amide bonds. The average molecular weight is 748 g/mol. The van der Waals surface area contributed by atoms with Crippen molar-refractivity contribution in [3.63, 3.8) is 0 Å². The summed E-state index contributed by atoms with van der Waals surface area (Å²) in [5.74, 6) is 0. The molecule has 5 heteroatoms. The summed E-state index contributed by atoms with van der Waals surface area (Å²) in [5.41, 5.74) is 1.20. The Bertz CT molecular complexity index is 361. The van der Waals surface area contributed by atoms with Crippen LogP contribution in [0.15, 0.2) is 0 Å². The molecule has 0 aromatic rings. The molecule has 0 unspecified atom stereocenters. The van der Waals surface area contributed by atoms with Crippen LogP contribution in [-0.2, 0) is 25.8 Å². The second-order valence-electron chi connectivity index (χ2n) is 11.0. The van der Waals surface area contributed by atoms with E-state index in [4.69, 9.17) is 0 Å². The van der Waals surface area contributed by atoms with Gasteiger partial charge in [-0.05, 0) is 0 Å². The van der Waals surface area contributed by atoms with Crippen LogP contribution in [0.5, 0.6) is 0 Å². The third kappa shape index (κ3) is 22.0. The summed E-state index contributed by atoms with van der Waals surface area (Å²) in [6, 6.07) is 0. The molecule has 0 saturated heterocycles. The first-order valence-electron chi connectivity index (χ1n) is 17.7. The van der Waals surface area contributed by atoms with Gasteiger partial charge in [-0.3, -0.25) is 0 Å². The monoisotopic (exact) mass is 749 g/mol. The van der Waals surface area contributed by atoms with Gasteiger partial charge < -0.3 is 21.3 Å². The van der Waals surface area contributed by atoms with Crippen molar-refractivity contribution in [1.29, 1.82) is 0 Å². The van der Waals surface area contributed by atoms with Crippen molar-refractivity contribution in [2.75, 3.05) is 26.2 Å². The van der Waals surface area contributed by atoms with Crippen molar-refractivity contribution in [3.05, 3.63) is 21.3 Å². The minimum Gasteiger partial charge on any atom is -0.657 e. The fraction of sp³-hybridized carbons (Fsp3) is 1.00. The summed E-state index contributed by atoms with van der Waals surface area (Å²) in [7, 11) is 0. The second-order valence-corrected chi connectivity index (χ2v) is 11.0. The number of hydrogen-bond donors (Lipinski definition) is 0.